The summed E-state index contributed by atoms with van der Waals surface area (Å²) in [7, 11) is 0. The lowest BCUT2D eigenvalue weighted by Crippen LogP contribution is -2.06. The van der Waals surface area contributed by atoms with Crippen LogP contribution in [0.4, 0.5) is 18.3 Å². The summed E-state index contributed by atoms with van der Waals surface area (Å²) in [6, 6.07) is 0. The monoisotopic (exact) mass is 295 g/mol. The molecule has 0 bridgehead atoms. The molecule has 0 aliphatic carbocycles. The zero-order valence-corrected chi connectivity index (χ0v) is 10.5. The molecule has 0 aliphatic heterocycles. The van der Waals surface area contributed by atoms with E-state index in [-0.39, 0.29) is 18.3 Å². The molecule has 0 saturated heterocycles. The van der Waals surface area contributed by atoms with Gasteiger partial charge in [0.25, 0.3) is 0 Å². The van der Waals surface area contributed by atoms with Crippen LogP contribution in [-0.2, 0) is 19.3 Å². The molecule has 0 aliphatic rings. The summed E-state index contributed by atoms with van der Waals surface area (Å²) in [5, 5.41) is 15.1. The number of aliphatic hydroxyl groups excluding tert-OH is 1. The molecule has 9 heteroatoms. The van der Waals surface area contributed by atoms with Crippen LogP contribution in [0.15, 0.2) is 10.8 Å². The average Bonchev–Trinajstić information content (AvgIpc) is 2.94. The molecular formula is C9H8F3N3OS2. The zero-order valence-electron chi connectivity index (χ0n) is 8.86. The van der Waals surface area contributed by atoms with Gasteiger partial charge in [-0.2, -0.15) is 13.2 Å². The average molecular weight is 295 g/mol. The third kappa shape index (κ3) is 3.18. The first-order chi connectivity index (χ1) is 8.49. The Morgan fingerprint density at radius 2 is 2.00 bits per heavy atom. The van der Waals surface area contributed by atoms with Gasteiger partial charge >= 0.3 is 6.18 Å². The van der Waals surface area contributed by atoms with Gasteiger partial charge in [0.1, 0.15) is 5.01 Å². The van der Waals surface area contributed by atoms with E-state index in [1.165, 1.54) is 11.3 Å². The molecule has 0 fully saturated rings. The van der Waals surface area contributed by atoms with Crippen molar-refractivity contribution in [1.82, 2.24) is 9.97 Å². The van der Waals surface area contributed by atoms with E-state index in [2.05, 4.69) is 15.3 Å². The molecule has 98 valence electrons. The summed E-state index contributed by atoms with van der Waals surface area (Å²) in [5.41, 5.74) is -0.350. The van der Waals surface area contributed by atoms with E-state index >= 15 is 0 Å². The number of anilines is 1. The van der Waals surface area contributed by atoms with Gasteiger partial charge < -0.3 is 10.4 Å². The van der Waals surface area contributed by atoms with Crippen molar-refractivity contribution in [3.63, 3.8) is 0 Å². The highest BCUT2D eigenvalue weighted by atomic mass is 32.1. The van der Waals surface area contributed by atoms with Gasteiger partial charge in [-0.3, -0.25) is 0 Å². The predicted octanol–water partition coefficient (Wildman–Crippen LogP) is 2.72. The van der Waals surface area contributed by atoms with Gasteiger partial charge in [-0.25, -0.2) is 9.97 Å². The number of aromatic nitrogens is 2. The van der Waals surface area contributed by atoms with Gasteiger partial charge in [-0.05, 0) is 0 Å². The smallest absolute Gasteiger partial charge is 0.390 e. The van der Waals surface area contributed by atoms with Crippen molar-refractivity contribution in [2.45, 2.75) is 19.3 Å². The number of nitrogens with one attached hydrogen (secondary N) is 1. The number of hydrogen-bond donors (Lipinski definition) is 2. The summed E-state index contributed by atoms with van der Waals surface area (Å²) in [4.78, 5) is 7.49. The van der Waals surface area contributed by atoms with E-state index in [1.54, 1.807) is 5.38 Å². The molecule has 2 rings (SSSR count). The number of hydrogen-bond acceptors (Lipinski definition) is 6. The minimum atomic E-state index is -4.42. The SMILES string of the molecule is OCc1csc(CNc2nc(C(F)(F)F)cs2)n1. The number of alkyl halides is 3. The van der Waals surface area contributed by atoms with Crippen molar-refractivity contribution >= 4 is 27.8 Å². The summed E-state index contributed by atoms with van der Waals surface area (Å²) >= 11 is 2.22. The summed E-state index contributed by atoms with van der Waals surface area (Å²) in [6.07, 6.45) is -4.42. The first-order valence-corrected chi connectivity index (χ1v) is 6.55. The van der Waals surface area contributed by atoms with E-state index in [9.17, 15) is 13.2 Å². The highest BCUT2D eigenvalue weighted by Crippen LogP contribution is 2.31. The normalized spacial score (nSPS) is 11.8. The van der Waals surface area contributed by atoms with E-state index < -0.39 is 11.9 Å². The Hall–Kier alpha value is -1.19. The summed E-state index contributed by atoms with van der Waals surface area (Å²) < 4.78 is 36.9. The second-order valence-corrected chi connectivity index (χ2v) is 5.08. The lowest BCUT2D eigenvalue weighted by molar-refractivity contribution is -0.140. The predicted molar refractivity (Wildman–Crippen MR) is 62.5 cm³/mol. The first kappa shape index (κ1) is 13.2. The molecule has 0 spiro atoms. The van der Waals surface area contributed by atoms with Crippen LogP contribution in [0, 0.1) is 0 Å². The van der Waals surface area contributed by atoms with Crippen LogP contribution in [0.25, 0.3) is 0 Å². The second kappa shape index (κ2) is 5.21. The number of rotatable bonds is 4. The highest BCUT2D eigenvalue weighted by Gasteiger charge is 2.33. The van der Waals surface area contributed by atoms with Crippen LogP contribution < -0.4 is 5.32 Å². The molecule has 0 saturated carbocycles. The van der Waals surface area contributed by atoms with Crippen molar-refractivity contribution in [3.05, 3.63) is 27.2 Å². The van der Waals surface area contributed by atoms with Crippen molar-refractivity contribution < 1.29 is 18.3 Å². The largest absolute Gasteiger partial charge is 0.434 e. The van der Waals surface area contributed by atoms with Crippen LogP contribution >= 0.6 is 22.7 Å². The number of aliphatic hydroxyl groups is 1. The fourth-order valence-corrected chi connectivity index (χ4v) is 2.58. The fourth-order valence-electron chi connectivity index (χ4n) is 1.14. The molecule has 0 amide bonds. The van der Waals surface area contributed by atoms with E-state index in [0.717, 1.165) is 16.7 Å². The van der Waals surface area contributed by atoms with Crippen molar-refractivity contribution in [2.24, 2.45) is 0 Å². The fraction of sp³-hybridized carbons (Fsp3) is 0.333. The van der Waals surface area contributed by atoms with Crippen molar-refractivity contribution in [1.29, 1.82) is 0 Å². The molecule has 2 aromatic rings. The molecule has 0 unspecified atom stereocenters. The topological polar surface area (TPSA) is 58.0 Å². The summed E-state index contributed by atoms with van der Waals surface area (Å²) in [5.74, 6) is 0. The van der Waals surface area contributed by atoms with Gasteiger partial charge in [0.2, 0.25) is 0 Å². The quantitative estimate of drug-likeness (QED) is 0.910. The van der Waals surface area contributed by atoms with Gasteiger partial charge in [0.05, 0.1) is 18.8 Å². The molecule has 2 heterocycles. The second-order valence-electron chi connectivity index (χ2n) is 3.28. The zero-order chi connectivity index (χ0) is 13.2. The maximum absolute atomic E-state index is 12.3. The molecule has 2 N–H and O–H groups in total. The van der Waals surface area contributed by atoms with Crippen LogP contribution in [0.2, 0.25) is 0 Å². The Kier molecular flexibility index (Phi) is 3.83. The van der Waals surface area contributed by atoms with Crippen LogP contribution in [-0.4, -0.2) is 15.1 Å². The van der Waals surface area contributed by atoms with Crippen molar-refractivity contribution in [2.75, 3.05) is 5.32 Å². The minimum absolute atomic E-state index is 0.147. The van der Waals surface area contributed by atoms with Gasteiger partial charge in [-0.1, -0.05) is 0 Å². The van der Waals surface area contributed by atoms with Crippen LogP contribution in [0.1, 0.15) is 16.4 Å². The van der Waals surface area contributed by atoms with Crippen LogP contribution in [0.3, 0.4) is 0 Å². The molecule has 0 aromatic carbocycles. The molecule has 0 radical (unpaired) electrons. The lowest BCUT2D eigenvalue weighted by atomic mass is 10.5. The Balaban J connectivity index is 1.96. The molecule has 2 aromatic heterocycles. The maximum Gasteiger partial charge on any atom is 0.434 e. The third-order valence-corrected chi connectivity index (χ3v) is 3.64. The van der Waals surface area contributed by atoms with E-state index in [1.807, 2.05) is 0 Å². The van der Waals surface area contributed by atoms with E-state index in [4.69, 9.17) is 5.11 Å². The van der Waals surface area contributed by atoms with Gasteiger partial charge in [-0.15, -0.1) is 22.7 Å². The summed E-state index contributed by atoms with van der Waals surface area (Å²) in [6.45, 7) is 0.140. The third-order valence-electron chi connectivity index (χ3n) is 1.95. The number of halogens is 3. The van der Waals surface area contributed by atoms with Gasteiger partial charge in [0, 0.05) is 10.8 Å². The van der Waals surface area contributed by atoms with Crippen molar-refractivity contribution in [3.8, 4) is 0 Å². The highest BCUT2D eigenvalue weighted by molar-refractivity contribution is 7.13. The Bertz CT molecular complexity index is 523. The Morgan fingerprint density at radius 3 is 2.56 bits per heavy atom. The molecule has 0 atom stereocenters. The molecular weight excluding hydrogens is 287 g/mol. The standard InChI is InChI=1S/C9H8F3N3OS2/c10-9(11,12)6-4-18-8(15-6)13-1-7-14-5(2-16)3-17-7/h3-4,16H,1-2H2,(H,13,15). The Labute approximate surface area is 108 Å². The molecule has 4 nitrogen and oxygen atoms in total. The minimum Gasteiger partial charge on any atom is -0.390 e. The lowest BCUT2D eigenvalue weighted by Gasteiger charge is -2.01. The van der Waals surface area contributed by atoms with Gasteiger partial charge in [0.15, 0.2) is 10.8 Å². The number of thiazole rings is 2. The Morgan fingerprint density at radius 1 is 1.22 bits per heavy atom. The first-order valence-electron chi connectivity index (χ1n) is 4.80. The number of nitrogens with zero attached hydrogens (tertiary/aromatic N) is 2. The molecule has 18 heavy (non-hydrogen) atoms. The van der Waals surface area contributed by atoms with E-state index in [0.29, 0.717) is 10.7 Å². The van der Waals surface area contributed by atoms with Crippen LogP contribution in [0.5, 0.6) is 0 Å². The maximum atomic E-state index is 12.3.